The number of nitrogens with zero attached hydrogens (tertiary/aromatic N) is 4. The van der Waals surface area contributed by atoms with Crippen LogP contribution in [0.15, 0.2) is 85.5 Å². The summed E-state index contributed by atoms with van der Waals surface area (Å²) < 4.78 is 51.9. The molecule has 0 radical (unpaired) electrons. The standard InChI is InChI=1S/C23H15F3N4O4/c24-23(25,26)15-6-3-5-14(11-15)20-27-19(34-28-20)13-29-18-9-2-1-8-17(18)21(31)30(22(29)32)12-16-7-4-10-33-16/h1-11H,12-13H2. The number of hydrogen-bond acceptors (Lipinski definition) is 6. The van der Waals surface area contributed by atoms with E-state index in [0.717, 1.165) is 16.7 Å². The second-order valence-corrected chi connectivity index (χ2v) is 7.45. The molecule has 0 saturated carbocycles. The van der Waals surface area contributed by atoms with Crippen LogP contribution < -0.4 is 11.2 Å². The molecule has 0 amide bonds. The molecule has 0 aliphatic rings. The molecule has 0 aliphatic carbocycles. The molecule has 0 unspecified atom stereocenters. The number of furan rings is 1. The number of halogens is 3. The minimum Gasteiger partial charge on any atom is -0.467 e. The molecule has 0 atom stereocenters. The molecule has 0 bridgehead atoms. The lowest BCUT2D eigenvalue weighted by molar-refractivity contribution is -0.137. The van der Waals surface area contributed by atoms with Gasteiger partial charge in [-0.25, -0.2) is 4.79 Å². The summed E-state index contributed by atoms with van der Waals surface area (Å²) in [6, 6.07) is 14.4. The highest BCUT2D eigenvalue weighted by molar-refractivity contribution is 5.77. The van der Waals surface area contributed by atoms with Crippen LogP contribution in [0, 0.1) is 0 Å². The molecule has 11 heteroatoms. The van der Waals surface area contributed by atoms with Crippen molar-refractivity contribution in [1.29, 1.82) is 0 Å². The van der Waals surface area contributed by atoms with Crippen molar-refractivity contribution >= 4 is 10.9 Å². The maximum Gasteiger partial charge on any atom is 0.416 e. The van der Waals surface area contributed by atoms with Gasteiger partial charge in [-0.15, -0.1) is 0 Å². The Morgan fingerprint density at radius 1 is 0.912 bits per heavy atom. The molecule has 0 saturated heterocycles. The number of rotatable bonds is 5. The van der Waals surface area contributed by atoms with Crippen LogP contribution in [0.5, 0.6) is 0 Å². The zero-order valence-corrected chi connectivity index (χ0v) is 17.3. The quantitative estimate of drug-likeness (QED) is 0.388. The largest absolute Gasteiger partial charge is 0.467 e. The van der Waals surface area contributed by atoms with Crippen LogP contribution in [-0.4, -0.2) is 19.3 Å². The van der Waals surface area contributed by atoms with Crippen molar-refractivity contribution in [1.82, 2.24) is 19.3 Å². The molecule has 0 N–H and O–H groups in total. The lowest BCUT2D eigenvalue weighted by Crippen LogP contribution is -2.40. The number of benzene rings is 2. The molecular weight excluding hydrogens is 453 g/mol. The summed E-state index contributed by atoms with van der Waals surface area (Å²) in [5.74, 6) is 0.357. The number of para-hydroxylation sites is 1. The highest BCUT2D eigenvalue weighted by Crippen LogP contribution is 2.31. The predicted molar refractivity (Wildman–Crippen MR) is 114 cm³/mol. The van der Waals surface area contributed by atoms with E-state index in [1.165, 1.54) is 23.0 Å². The van der Waals surface area contributed by atoms with Gasteiger partial charge in [0.15, 0.2) is 0 Å². The van der Waals surface area contributed by atoms with Gasteiger partial charge >= 0.3 is 11.9 Å². The zero-order valence-electron chi connectivity index (χ0n) is 17.3. The summed E-state index contributed by atoms with van der Waals surface area (Å²) in [7, 11) is 0. The number of aromatic nitrogens is 4. The Hall–Kier alpha value is -4.41. The van der Waals surface area contributed by atoms with Crippen molar-refractivity contribution in [3.05, 3.63) is 105 Å². The van der Waals surface area contributed by atoms with E-state index in [4.69, 9.17) is 8.94 Å². The van der Waals surface area contributed by atoms with Crippen molar-refractivity contribution in [3.63, 3.8) is 0 Å². The van der Waals surface area contributed by atoms with Crippen LogP contribution in [0.4, 0.5) is 13.2 Å². The van der Waals surface area contributed by atoms with E-state index in [-0.39, 0.29) is 30.4 Å². The molecule has 2 aromatic carbocycles. The van der Waals surface area contributed by atoms with Gasteiger partial charge in [-0.1, -0.05) is 29.4 Å². The van der Waals surface area contributed by atoms with E-state index >= 15 is 0 Å². The van der Waals surface area contributed by atoms with Crippen LogP contribution in [0.2, 0.25) is 0 Å². The van der Waals surface area contributed by atoms with E-state index in [2.05, 4.69) is 10.1 Å². The Morgan fingerprint density at radius 3 is 2.50 bits per heavy atom. The Kier molecular flexibility index (Phi) is 5.16. The SMILES string of the molecule is O=c1c2ccccc2n(Cc2nc(-c3cccc(C(F)(F)F)c3)no2)c(=O)n1Cc1ccco1. The van der Waals surface area contributed by atoms with Gasteiger partial charge < -0.3 is 8.94 Å². The van der Waals surface area contributed by atoms with Gasteiger partial charge in [0.05, 0.1) is 29.3 Å². The van der Waals surface area contributed by atoms with E-state index < -0.39 is 23.0 Å². The molecule has 3 heterocycles. The normalized spacial score (nSPS) is 11.9. The molecule has 0 aliphatic heterocycles. The summed E-state index contributed by atoms with van der Waals surface area (Å²) in [5.41, 5.74) is -1.48. The van der Waals surface area contributed by atoms with Gasteiger partial charge in [0.1, 0.15) is 12.3 Å². The van der Waals surface area contributed by atoms with Crippen molar-refractivity contribution in [3.8, 4) is 11.4 Å². The summed E-state index contributed by atoms with van der Waals surface area (Å²) in [6.07, 6.45) is -3.08. The highest BCUT2D eigenvalue weighted by Gasteiger charge is 2.30. The molecule has 5 rings (SSSR count). The Morgan fingerprint density at radius 2 is 1.74 bits per heavy atom. The van der Waals surface area contributed by atoms with Gasteiger partial charge in [0.2, 0.25) is 11.7 Å². The van der Waals surface area contributed by atoms with Gasteiger partial charge in [0, 0.05) is 5.56 Å². The average molecular weight is 468 g/mol. The first-order valence-electron chi connectivity index (χ1n) is 10.1. The van der Waals surface area contributed by atoms with Crippen molar-refractivity contribution in [2.24, 2.45) is 0 Å². The fraction of sp³-hybridized carbons (Fsp3) is 0.130. The van der Waals surface area contributed by atoms with Gasteiger partial charge in [0.25, 0.3) is 5.56 Å². The minimum absolute atomic E-state index is 0.0112. The zero-order chi connectivity index (χ0) is 23.9. The third kappa shape index (κ3) is 3.91. The molecule has 8 nitrogen and oxygen atoms in total. The maximum absolute atomic E-state index is 13.2. The Labute approximate surface area is 188 Å². The van der Waals surface area contributed by atoms with Crippen LogP contribution in [0.25, 0.3) is 22.3 Å². The fourth-order valence-corrected chi connectivity index (χ4v) is 3.63. The Balaban J connectivity index is 1.56. The first kappa shape index (κ1) is 21.4. The maximum atomic E-state index is 13.2. The predicted octanol–water partition coefficient (Wildman–Crippen LogP) is 3.92. The van der Waals surface area contributed by atoms with Crippen LogP contribution >= 0.6 is 0 Å². The van der Waals surface area contributed by atoms with Crippen LogP contribution in [-0.2, 0) is 19.3 Å². The van der Waals surface area contributed by atoms with Gasteiger partial charge in [-0.3, -0.25) is 13.9 Å². The van der Waals surface area contributed by atoms with E-state index in [1.807, 2.05) is 0 Å². The lowest BCUT2D eigenvalue weighted by Gasteiger charge is -2.12. The summed E-state index contributed by atoms with van der Waals surface area (Å²) in [4.78, 5) is 30.3. The second-order valence-electron chi connectivity index (χ2n) is 7.45. The molecule has 5 aromatic rings. The summed E-state index contributed by atoms with van der Waals surface area (Å²) >= 11 is 0. The van der Waals surface area contributed by atoms with Crippen LogP contribution in [0.1, 0.15) is 17.2 Å². The first-order valence-corrected chi connectivity index (χ1v) is 10.1. The number of fused-ring (bicyclic) bond motifs is 1. The smallest absolute Gasteiger partial charge is 0.416 e. The monoisotopic (exact) mass is 468 g/mol. The van der Waals surface area contributed by atoms with Crippen LogP contribution in [0.3, 0.4) is 0 Å². The first-order chi connectivity index (χ1) is 16.3. The molecule has 172 valence electrons. The third-order valence-corrected chi connectivity index (χ3v) is 5.24. The number of alkyl halides is 3. The average Bonchev–Trinajstić information content (AvgIpc) is 3.51. The topological polar surface area (TPSA) is 96.1 Å². The summed E-state index contributed by atoms with van der Waals surface area (Å²) in [6.45, 7) is -0.265. The van der Waals surface area contributed by atoms with Crippen molar-refractivity contribution in [2.45, 2.75) is 19.3 Å². The molecular formula is C23H15F3N4O4. The van der Waals surface area contributed by atoms with Crippen molar-refractivity contribution in [2.75, 3.05) is 0 Å². The third-order valence-electron chi connectivity index (χ3n) is 5.24. The molecule has 3 aromatic heterocycles. The van der Waals surface area contributed by atoms with Crippen molar-refractivity contribution < 1.29 is 22.1 Å². The van der Waals surface area contributed by atoms with Gasteiger partial charge in [-0.05, 0) is 36.4 Å². The lowest BCUT2D eigenvalue weighted by atomic mass is 10.1. The highest BCUT2D eigenvalue weighted by atomic mass is 19.4. The van der Waals surface area contributed by atoms with E-state index in [1.54, 1.807) is 36.4 Å². The number of hydrogen-bond donors (Lipinski definition) is 0. The Bertz CT molecular complexity index is 1600. The fourth-order valence-electron chi connectivity index (χ4n) is 3.63. The van der Waals surface area contributed by atoms with E-state index in [9.17, 15) is 22.8 Å². The molecule has 34 heavy (non-hydrogen) atoms. The van der Waals surface area contributed by atoms with Gasteiger partial charge in [-0.2, -0.15) is 18.2 Å². The molecule has 0 fully saturated rings. The summed E-state index contributed by atoms with van der Waals surface area (Å²) in [5, 5.41) is 4.06. The molecule has 0 spiro atoms. The second kappa shape index (κ2) is 8.18. The van der Waals surface area contributed by atoms with E-state index in [0.29, 0.717) is 16.7 Å². The minimum atomic E-state index is -4.52.